The summed E-state index contributed by atoms with van der Waals surface area (Å²) in [6.07, 6.45) is 11.1. The fourth-order valence-electron chi connectivity index (χ4n) is 5.32. The molecular weight excluding hydrogens is 382 g/mol. The molecule has 0 bridgehead atoms. The number of aromatic nitrogens is 2. The third-order valence-electron chi connectivity index (χ3n) is 7.00. The minimum absolute atomic E-state index is 0.0500. The summed E-state index contributed by atoms with van der Waals surface area (Å²) < 4.78 is 0. The molecule has 2 unspecified atom stereocenters. The minimum Gasteiger partial charge on any atom is -0.309 e. The van der Waals surface area contributed by atoms with Gasteiger partial charge in [-0.25, -0.2) is 9.97 Å². The van der Waals surface area contributed by atoms with Gasteiger partial charge in [0.1, 0.15) is 0 Å². The molecule has 0 saturated heterocycles. The van der Waals surface area contributed by atoms with Gasteiger partial charge in [0.15, 0.2) is 5.82 Å². The fourth-order valence-corrected chi connectivity index (χ4v) is 5.32. The standard InChI is InChI=1S/C27H37N3O/c1-4-19-9-5-6-10-20(16-19)17-24-27(30-25(31)15-18(2)3)29-23-14-13-21-11-7-8-12-22(21)26(23)28-24/h7-8,11-12,18-20H,4-6,9-10,13-17H2,1-3H3,(H,29,30,31). The van der Waals surface area contributed by atoms with E-state index >= 15 is 0 Å². The third-order valence-corrected chi connectivity index (χ3v) is 7.00. The molecule has 0 aliphatic heterocycles. The normalized spacial score (nSPS) is 20.6. The van der Waals surface area contributed by atoms with Crippen molar-refractivity contribution in [1.82, 2.24) is 9.97 Å². The Morgan fingerprint density at radius 3 is 2.65 bits per heavy atom. The zero-order valence-corrected chi connectivity index (χ0v) is 19.4. The number of aryl methyl sites for hydroxylation is 2. The summed E-state index contributed by atoms with van der Waals surface area (Å²) in [7, 11) is 0. The molecule has 2 atom stereocenters. The Morgan fingerprint density at radius 1 is 1.10 bits per heavy atom. The van der Waals surface area contributed by atoms with E-state index in [9.17, 15) is 4.79 Å². The predicted molar refractivity (Wildman–Crippen MR) is 127 cm³/mol. The second-order valence-corrected chi connectivity index (χ2v) is 9.98. The van der Waals surface area contributed by atoms with Crippen LogP contribution in [0.4, 0.5) is 5.82 Å². The average Bonchev–Trinajstić information content (AvgIpc) is 2.98. The van der Waals surface area contributed by atoms with Crippen LogP contribution in [0.3, 0.4) is 0 Å². The lowest BCUT2D eigenvalue weighted by atomic mass is 9.87. The van der Waals surface area contributed by atoms with Crippen LogP contribution in [0.15, 0.2) is 24.3 Å². The summed E-state index contributed by atoms with van der Waals surface area (Å²) in [4.78, 5) is 22.8. The van der Waals surface area contributed by atoms with Crippen LogP contribution in [0, 0.1) is 17.8 Å². The van der Waals surface area contributed by atoms with Gasteiger partial charge in [0.05, 0.1) is 17.1 Å². The molecule has 1 aromatic heterocycles. The molecule has 2 aromatic rings. The van der Waals surface area contributed by atoms with Gasteiger partial charge in [-0.2, -0.15) is 0 Å². The van der Waals surface area contributed by atoms with Crippen molar-refractivity contribution in [3.05, 3.63) is 41.2 Å². The summed E-state index contributed by atoms with van der Waals surface area (Å²) in [5, 5.41) is 3.13. The zero-order valence-electron chi connectivity index (χ0n) is 19.4. The van der Waals surface area contributed by atoms with Gasteiger partial charge >= 0.3 is 0 Å². The molecule has 4 nitrogen and oxygen atoms in total. The molecule has 1 amide bonds. The number of amides is 1. The Balaban J connectivity index is 1.67. The lowest BCUT2D eigenvalue weighted by molar-refractivity contribution is -0.116. The van der Waals surface area contributed by atoms with E-state index < -0.39 is 0 Å². The number of hydrogen-bond acceptors (Lipinski definition) is 3. The Bertz CT molecular complexity index is 921. The second-order valence-electron chi connectivity index (χ2n) is 9.98. The molecule has 166 valence electrons. The highest BCUT2D eigenvalue weighted by atomic mass is 16.1. The lowest BCUT2D eigenvalue weighted by Crippen LogP contribution is -2.21. The number of benzene rings is 1. The van der Waals surface area contributed by atoms with Crippen LogP contribution in [-0.2, 0) is 24.1 Å². The number of nitrogens with one attached hydrogen (secondary N) is 1. The Kier molecular flexibility index (Phi) is 7.04. The van der Waals surface area contributed by atoms with Crippen LogP contribution in [0.25, 0.3) is 11.3 Å². The monoisotopic (exact) mass is 419 g/mol. The van der Waals surface area contributed by atoms with E-state index in [-0.39, 0.29) is 5.91 Å². The van der Waals surface area contributed by atoms with Crippen LogP contribution in [0.2, 0.25) is 0 Å². The van der Waals surface area contributed by atoms with E-state index in [4.69, 9.17) is 9.97 Å². The van der Waals surface area contributed by atoms with Gasteiger partial charge in [0, 0.05) is 12.0 Å². The first-order valence-electron chi connectivity index (χ1n) is 12.3. The SMILES string of the molecule is CCC1CCCCC(Cc2nc3c(nc2NC(=O)CC(C)C)CCc2ccccc2-3)C1. The molecule has 2 aliphatic rings. The van der Waals surface area contributed by atoms with Crippen molar-refractivity contribution in [3.63, 3.8) is 0 Å². The van der Waals surface area contributed by atoms with E-state index in [2.05, 4.69) is 50.4 Å². The van der Waals surface area contributed by atoms with Gasteiger partial charge in [0.2, 0.25) is 5.91 Å². The summed E-state index contributed by atoms with van der Waals surface area (Å²) >= 11 is 0. The molecule has 1 fully saturated rings. The van der Waals surface area contributed by atoms with Crippen molar-refractivity contribution in [2.75, 3.05) is 5.32 Å². The van der Waals surface area contributed by atoms with E-state index in [1.165, 1.54) is 49.7 Å². The third kappa shape index (κ3) is 5.34. The summed E-state index contributed by atoms with van der Waals surface area (Å²) in [5.41, 5.74) is 5.60. The van der Waals surface area contributed by atoms with Gasteiger partial charge in [0.25, 0.3) is 0 Å². The molecule has 0 spiro atoms. The smallest absolute Gasteiger partial charge is 0.225 e. The predicted octanol–water partition coefficient (Wildman–Crippen LogP) is 6.38. The topological polar surface area (TPSA) is 54.9 Å². The molecule has 4 heteroatoms. The number of nitrogens with zero attached hydrogens (tertiary/aromatic N) is 2. The molecule has 0 radical (unpaired) electrons. The van der Waals surface area contributed by atoms with Crippen molar-refractivity contribution >= 4 is 11.7 Å². The van der Waals surface area contributed by atoms with Crippen LogP contribution >= 0.6 is 0 Å². The van der Waals surface area contributed by atoms with Gasteiger partial charge < -0.3 is 5.32 Å². The number of carbonyl (C=O) groups is 1. The zero-order chi connectivity index (χ0) is 21.8. The molecule has 4 rings (SSSR count). The largest absolute Gasteiger partial charge is 0.309 e. The molecule has 1 N–H and O–H groups in total. The molecule has 31 heavy (non-hydrogen) atoms. The number of fused-ring (bicyclic) bond motifs is 3. The van der Waals surface area contributed by atoms with Crippen molar-refractivity contribution in [3.8, 4) is 11.3 Å². The maximum Gasteiger partial charge on any atom is 0.225 e. The van der Waals surface area contributed by atoms with Crippen LogP contribution in [0.5, 0.6) is 0 Å². The van der Waals surface area contributed by atoms with Gasteiger partial charge in [-0.05, 0) is 49.0 Å². The number of hydrogen-bond donors (Lipinski definition) is 1. The summed E-state index contributed by atoms with van der Waals surface area (Å²) in [6, 6.07) is 8.57. The molecule has 1 heterocycles. The first kappa shape index (κ1) is 22.0. The van der Waals surface area contributed by atoms with Gasteiger partial charge in [-0.3, -0.25) is 4.79 Å². The van der Waals surface area contributed by atoms with Crippen molar-refractivity contribution in [2.45, 2.75) is 85.0 Å². The first-order valence-corrected chi connectivity index (χ1v) is 12.3. The lowest BCUT2D eigenvalue weighted by Gasteiger charge is -2.23. The maximum atomic E-state index is 12.6. The molecule has 1 saturated carbocycles. The van der Waals surface area contributed by atoms with E-state index in [0.717, 1.165) is 42.3 Å². The van der Waals surface area contributed by atoms with Crippen molar-refractivity contribution < 1.29 is 4.79 Å². The molecule has 2 aliphatic carbocycles. The second kappa shape index (κ2) is 9.93. The quantitative estimate of drug-likeness (QED) is 0.553. The van der Waals surface area contributed by atoms with Gasteiger partial charge in [-0.1, -0.05) is 77.1 Å². The number of anilines is 1. The van der Waals surface area contributed by atoms with E-state index in [0.29, 0.717) is 24.1 Å². The summed E-state index contributed by atoms with van der Waals surface area (Å²) in [5.74, 6) is 2.53. The highest BCUT2D eigenvalue weighted by Crippen LogP contribution is 2.36. The highest BCUT2D eigenvalue weighted by Gasteiger charge is 2.25. The van der Waals surface area contributed by atoms with Crippen LogP contribution in [-0.4, -0.2) is 15.9 Å². The first-order chi connectivity index (χ1) is 15.0. The van der Waals surface area contributed by atoms with E-state index in [1.54, 1.807) is 0 Å². The summed E-state index contributed by atoms with van der Waals surface area (Å²) in [6.45, 7) is 6.47. The minimum atomic E-state index is 0.0500. The Labute approximate surface area is 187 Å². The van der Waals surface area contributed by atoms with Gasteiger partial charge in [-0.15, -0.1) is 0 Å². The van der Waals surface area contributed by atoms with E-state index in [1.807, 2.05) is 0 Å². The van der Waals surface area contributed by atoms with Crippen LogP contribution < -0.4 is 5.32 Å². The Hall–Kier alpha value is -2.23. The molecule has 1 aromatic carbocycles. The maximum absolute atomic E-state index is 12.6. The van der Waals surface area contributed by atoms with Crippen molar-refractivity contribution in [2.24, 2.45) is 17.8 Å². The van der Waals surface area contributed by atoms with Crippen molar-refractivity contribution in [1.29, 1.82) is 0 Å². The highest BCUT2D eigenvalue weighted by molar-refractivity contribution is 5.90. The Morgan fingerprint density at radius 2 is 1.87 bits per heavy atom. The number of carbonyl (C=O) groups excluding carboxylic acids is 1. The average molecular weight is 420 g/mol. The molecular formula is C27H37N3O. The fraction of sp³-hybridized carbons (Fsp3) is 0.593. The van der Waals surface area contributed by atoms with Crippen LogP contribution in [0.1, 0.15) is 82.7 Å². The number of rotatable bonds is 6.